The van der Waals surface area contributed by atoms with Crippen LogP contribution in [0.4, 0.5) is 26.3 Å². The highest BCUT2D eigenvalue weighted by Gasteiger charge is 2.62. The van der Waals surface area contributed by atoms with E-state index in [1.54, 1.807) is 0 Å². The Morgan fingerprint density at radius 3 is 2.00 bits per heavy atom. The van der Waals surface area contributed by atoms with Crippen molar-refractivity contribution in [3.63, 3.8) is 0 Å². The quantitative estimate of drug-likeness (QED) is 0.279. The number of ether oxygens (including phenoxy) is 2. The Balaban J connectivity index is 2.87. The van der Waals surface area contributed by atoms with Crippen molar-refractivity contribution in [2.45, 2.75) is 17.2 Å². The number of nitrogens with zero attached hydrogens (tertiary/aromatic N) is 4. The molecule has 0 spiro atoms. The molecule has 0 bridgehead atoms. The maximum Gasteiger partial charge on any atom is 0.578 e. The molecule has 0 aromatic heterocycles. The summed E-state index contributed by atoms with van der Waals surface area (Å²) in [6.45, 7) is -0.840. The molecule has 2 unspecified atom stereocenters. The summed E-state index contributed by atoms with van der Waals surface area (Å²) in [5, 5.41) is 15.3. The van der Waals surface area contributed by atoms with Gasteiger partial charge >= 0.3 is 11.7 Å². The van der Waals surface area contributed by atoms with Gasteiger partial charge in [0.25, 0.3) is 5.54 Å². The van der Waals surface area contributed by atoms with Gasteiger partial charge in [0, 0.05) is 29.8 Å². The minimum absolute atomic E-state index is 0.367. The zero-order valence-electron chi connectivity index (χ0n) is 16.0. The van der Waals surface area contributed by atoms with Gasteiger partial charge in [-0.2, -0.15) is 18.4 Å². The Kier molecular flexibility index (Phi) is 7.96. The highest BCUT2D eigenvalue weighted by Crippen LogP contribution is 2.52. The van der Waals surface area contributed by atoms with E-state index in [1.807, 2.05) is 0 Å². The van der Waals surface area contributed by atoms with Gasteiger partial charge in [0.05, 0.1) is 5.56 Å². The molecule has 1 aliphatic rings. The van der Waals surface area contributed by atoms with Gasteiger partial charge in [0.15, 0.2) is 0 Å². The van der Waals surface area contributed by atoms with Crippen LogP contribution in [0, 0.1) is 11.3 Å². The molecule has 1 aromatic rings. The van der Waals surface area contributed by atoms with E-state index < -0.39 is 73.8 Å². The van der Waals surface area contributed by atoms with Gasteiger partial charge < -0.3 is 18.9 Å². The second-order valence-electron chi connectivity index (χ2n) is 6.08. The number of methoxy groups -OCH3 is 2. The van der Waals surface area contributed by atoms with Gasteiger partial charge in [-0.05, 0) is 12.1 Å². The molecule has 16 heteroatoms. The van der Waals surface area contributed by atoms with Crippen molar-refractivity contribution < 1.29 is 40.4 Å². The molecule has 1 aliphatic heterocycles. The molecule has 32 heavy (non-hydrogen) atoms. The summed E-state index contributed by atoms with van der Waals surface area (Å²) < 4.78 is 102. The summed E-state index contributed by atoms with van der Waals surface area (Å²) in [5.41, 5.74) is -10.3. The number of hydrogen-bond donors (Lipinski definition) is 0. The van der Waals surface area contributed by atoms with Gasteiger partial charge in [-0.25, -0.2) is 0 Å². The molecule has 0 amide bonds. The zero-order valence-corrected chi connectivity index (χ0v) is 18.3. The van der Waals surface area contributed by atoms with E-state index in [4.69, 9.17) is 32.7 Å². The van der Waals surface area contributed by atoms with Crippen LogP contribution in [0.5, 0.6) is 0 Å². The molecule has 1 aromatic carbocycles. The second kappa shape index (κ2) is 9.62. The largest absolute Gasteiger partial charge is 0.604 e. The lowest BCUT2D eigenvalue weighted by molar-refractivity contribution is -0.137. The molecule has 7 nitrogen and oxygen atoms in total. The fourth-order valence-corrected chi connectivity index (χ4v) is 4.55. The number of azo groups is 1. The average molecular weight is 525 g/mol. The van der Waals surface area contributed by atoms with E-state index in [2.05, 4.69) is 10.2 Å². The highest BCUT2D eigenvalue weighted by atomic mass is 35.5. The number of hydrogen-bond acceptors (Lipinski definition) is 7. The van der Waals surface area contributed by atoms with Crippen LogP contribution < -0.4 is 0 Å². The van der Waals surface area contributed by atoms with Crippen LogP contribution in [0.25, 0.3) is 0 Å². The van der Waals surface area contributed by atoms with Crippen LogP contribution in [0.3, 0.4) is 0 Å². The molecular weight excluding hydrogens is 513 g/mol. The van der Waals surface area contributed by atoms with E-state index in [0.29, 0.717) is 12.1 Å². The van der Waals surface area contributed by atoms with Crippen LogP contribution in [0.15, 0.2) is 33.1 Å². The molecule has 0 aliphatic carbocycles. The van der Waals surface area contributed by atoms with Gasteiger partial charge in [0.1, 0.15) is 30.7 Å². The molecule has 0 fully saturated rings. The topological polar surface area (TPSA) is 93.3 Å². The lowest BCUT2D eigenvalue weighted by atomic mass is 9.90. The highest BCUT2D eigenvalue weighted by molar-refractivity contribution is 7.96. The molecule has 176 valence electrons. The summed E-state index contributed by atoms with van der Waals surface area (Å²) in [5.74, 6) is -0.696. The number of halogens is 8. The number of alkyl halides is 6. The van der Waals surface area contributed by atoms with E-state index in [-0.39, 0.29) is 0 Å². The number of benzene rings is 1. The summed E-state index contributed by atoms with van der Waals surface area (Å²) in [6, 6.07) is 2.17. The van der Waals surface area contributed by atoms with Crippen molar-refractivity contribution in [3.05, 3.63) is 44.0 Å². The minimum atomic E-state index is -5.39. The van der Waals surface area contributed by atoms with Gasteiger partial charge in [-0.15, -0.1) is 23.4 Å². The Labute approximate surface area is 190 Å². The normalized spacial score (nSPS) is 19.9. The monoisotopic (exact) mass is 524 g/mol. The Morgan fingerprint density at radius 1 is 1.12 bits per heavy atom. The lowest BCUT2D eigenvalue weighted by Crippen LogP contribution is -2.38. The van der Waals surface area contributed by atoms with E-state index in [9.17, 15) is 36.2 Å². The van der Waals surface area contributed by atoms with Gasteiger partial charge in [0.2, 0.25) is 10.7 Å². The molecular formula is C16H12Cl2F6N4O3S. The standard InChI is InChI=1S/C16H12Cl2F6N4O3S/c1-30-6-28(7-31-2)13-12(32(29)16(22,23)24)14(5-25,27-26-13)11-9(17)3-8(4-10(11)18)15(19,20)21/h3-4H,6-7H2,1-2H3. The van der Waals surface area contributed by atoms with Crippen molar-refractivity contribution in [1.82, 2.24) is 4.90 Å². The maximum absolute atomic E-state index is 13.5. The summed E-state index contributed by atoms with van der Waals surface area (Å²) in [4.78, 5) is -0.266. The van der Waals surface area contributed by atoms with Crippen LogP contribution in [0.2, 0.25) is 10.0 Å². The predicted molar refractivity (Wildman–Crippen MR) is 100 cm³/mol. The minimum Gasteiger partial charge on any atom is -0.604 e. The van der Waals surface area contributed by atoms with Crippen LogP contribution in [0.1, 0.15) is 11.1 Å². The Bertz CT molecular complexity index is 953. The molecule has 0 saturated carbocycles. The lowest BCUT2D eigenvalue weighted by Gasteiger charge is -2.27. The first-order valence-electron chi connectivity index (χ1n) is 8.11. The number of rotatable bonds is 7. The van der Waals surface area contributed by atoms with Crippen LogP contribution >= 0.6 is 23.2 Å². The van der Waals surface area contributed by atoms with Crippen LogP contribution in [-0.4, -0.2) is 42.6 Å². The first-order chi connectivity index (χ1) is 14.7. The molecule has 0 radical (unpaired) electrons. The van der Waals surface area contributed by atoms with Gasteiger partial charge in [-0.3, -0.25) is 0 Å². The Morgan fingerprint density at radius 2 is 1.62 bits per heavy atom. The fourth-order valence-electron chi connectivity index (χ4n) is 2.76. The first kappa shape index (κ1) is 26.5. The van der Waals surface area contributed by atoms with Crippen LogP contribution in [-0.2, 0) is 32.4 Å². The summed E-state index contributed by atoms with van der Waals surface area (Å²) in [6.07, 6.45) is -4.89. The molecule has 2 rings (SSSR count). The second-order valence-corrected chi connectivity index (χ2v) is 8.30. The van der Waals surface area contributed by atoms with E-state index in [0.717, 1.165) is 4.90 Å². The average Bonchev–Trinajstić information content (AvgIpc) is 3.05. The molecule has 0 N–H and O–H groups in total. The molecule has 0 saturated heterocycles. The third kappa shape index (κ3) is 4.92. The zero-order chi connectivity index (χ0) is 24.5. The maximum atomic E-state index is 13.5. The summed E-state index contributed by atoms with van der Waals surface area (Å²) >= 11 is 7.94. The van der Waals surface area contributed by atoms with Crippen molar-refractivity contribution >= 4 is 34.4 Å². The van der Waals surface area contributed by atoms with Crippen molar-refractivity contribution in [3.8, 4) is 6.07 Å². The van der Waals surface area contributed by atoms with Crippen molar-refractivity contribution in [1.29, 1.82) is 5.26 Å². The molecule has 1 heterocycles. The van der Waals surface area contributed by atoms with Crippen molar-refractivity contribution in [2.24, 2.45) is 10.2 Å². The smallest absolute Gasteiger partial charge is 0.578 e. The van der Waals surface area contributed by atoms with E-state index >= 15 is 0 Å². The Hall–Kier alpha value is -1.76. The summed E-state index contributed by atoms with van der Waals surface area (Å²) in [7, 11) is 2.38. The van der Waals surface area contributed by atoms with E-state index in [1.165, 1.54) is 20.3 Å². The number of nitriles is 1. The van der Waals surface area contributed by atoms with Gasteiger partial charge in [-0.1, -0.05) is 23.2 Å². The van der Waals surface area contributed by atoms with Crippen molar-refractivity contribution in [2.75, 3.05) is 27.7 Å². The predicted octanol–water partition coefficient (Wildman–Crippen LogP) is 5.14. The third-order valence-electron chi connectivity index (χ3n) is 3.98. The first-order valence-corrected chi connectivity index (χ1v) is 10.0. The third-order valence-corrected chi connectivity index (χ3v) is 5.85. The molecule has 2 atom stereocenters. The fraction of sp³-hybridized carbons (Fsp3) is 0.438. The SMILES string of the molecule is COCN(COC)C1=C([S+]([O-])C(F)(F)F)C(C#N)(c2c(Cl)cc(C(F)(F)F)cc2Cl)N=N1.